The summed E-state index contributed by atoms with van der Waals surface area (Å²) in [7, 11) is 2.89. The summed E-state index contributed by atoms with van der Waals surface area (Å²) >= 11 is 0. The number of methoxy groups -OCH3 is 2. The van der Waals surface area contributed by atoms with Crippen molar-refractivity contribution < 1.29 is 18.8 Å². The second-order valence-corrected chi connectivity index (χ2v) is 4.20. The highest BCUT2D eigenvalue weighted by molar-refractivity contribution is 5.59. The summed E-state index contributed by atoms with van der Waals surface area (Å²) in [6.07, 6.45) is 0. The van der Waals surface area contributed by atoms with Gasteiger partial charge in [-0.3, -0.25) is 10.1 Å². The zero-order chi connectivity index (χ0) is 14.4. The molecular formula is C12H17FN2O4. The maximum Gasteiger partial charge on any atom is 0.313 e. The van der Waals surface area contributed by atoms with Gasteiger partial charge in [0.2, 0.25) is 0 Å². The van der Waals surface area contributed by atoms with Gasteiger partial charge in [-0.2, -0.15) is 0 Å². The minimum Gasteiger partial charge on any atom is -0.490 e. The molecule has 1 unspecified atom stereocenters. The Labute approximate surface area is 110 Å². The molecule has 1 aromatic carbocycles. The van der Waals surface area contributed by atoms with Crippen LogP contribution in [0.25, 0.3) is 0 Å². The van der Waals surface area contributed by atoms with Crippen molar-refractivity contribution in [2.45, 2.75) is 6.92 Å². The maximum atomic E-state index is 13.7. The fourth-order valence-electron chi connectivity index (χ4n) is 1.61. The van der Waals surface area contributed by atoms with Gasteiger partial charge in [-0.15, -0.1) is 0 Å². The number of rotatable bonds is 7. The van der Waals surface area contributed by atoms with Crippen LogP contribution < -0.4 is 10.1 Å². The molecule has 0 amide bonds. The van der Waals surface area contributed by atoms with E-state index in [1.54, 1.807) is 7.11 Å². The van der Waals surface area contributed by atoms with E-state index in [0.29, 0.717) is 13.2 Å². The first kappa shape index (κ1) is 15.2. The molecule has 0 fully saturated rings. The van der Waals surface area contributed by atoms with E-state index in [2.05, 4.69) is 5.32 Å². The SMILES string of the molecule is COCC(C)CNc1cc(OC)c([N+](=O)[O-])cc1F. The molecule has 0 saturated carbocycles. The largest absolute Gasteiger partial charge is 0.490 e. The lowest BCUT2D eigenvalue weighted by molar-refractivity contribution is -0.385. The Morgan fingerprint density at radius 1 is 1.47 bits per heavy atom. The van der Waals surface area contributed by atoms with E-state index in [4.69, 9.17) is 9.47 Å². The van der Waals surface area contributed by atoms with Gasteiger partial charge >= 0.3 is 5.69 Å². The van der Waals surface area contributed by atoms with Crippen LogP contribution in [0.3, 0.4) is 0 Å². The molecule has 1 N–H and O–H groups in total. The minimum atomic E-state index is -0.683. The standard InChI is InChI=1S/C12H17FN2O4/c1-8(7-18-2)6-14-10-5-12(19-3)11(15(16)17)4-9(10)13/h4-5,8,14H,6-7H2,1-3H3. The van der Waals surface area contributed by atoms with Crippen LogP contribution in [-0.4, -0.2) is 32.3 Å². The lowest BCUT2D eigenvalue weighted by Crippen LogP contribution is -2.16. The molecule has 0 aromatic heterocycles. The number of nitro benzene ring substituents is 1. The zero-order valence-electron chi connectivity index (χ0n) is 11.1. The molecule has 19 heavy (non-hydrogen) atoms. The number of nitrogens with zero attached hydrogens (tertiary/aromatic N) is 1. The van der Waals surface area contributed by atoms with Crippen LogP contribution in [-0.2, 0) is 4.74 Å². The van der Waals surface area contributed by atoms with E-state index in [1.807, 2.05) is 6.92 Å². The number of anilines is 1. The summed E-state index contributed by atoms with van der Waals surface area (Å²) in [6.45, 7) is 2.97. The Morgan fingerprint density at radius 3 is 2.68 bits per heavy atom. The molecule has 0 aliphatic carbocycles. The van der Waals surface area contributed by atoms with Crippen LogP contribution in [0.5, 0.6) is 5.75 Å². The molecule has 1 atom stereocenters. The summed E-state index contributed by atoms with van der Waals surface area (Å²) in [6, 6.07) is 2.13. The normalized spacial score (nSPS) is 12.0. The fourth-order valence-corrected chi connectivity index (χ4v) is 1.61. The van der Waals surface area contributed by atoms with Gasteiger partial charge in [-0.1, -0.05) is 6.92 Å². The van der Waals surface area contributed by atoms with Crippen molar-refractivity contribution in [2.75, 3.05) is 32.7 Å². The van der Waals surface area contributed by atoms with Gasteiger partial charge < -0.3 is 14.8 Å². The zero-order valence-corrected chi connectivity index (χ0v) is 11.1. The molecule has 7 heteroatoms. The number of nitrogens with one attached hydrogen (secondary N) is 1. The monoisotopic (exact) mass is 272 g/mol. The third kappa shape index (κ3) is 4.06. The molecule has 0 heterocycles. The molecule has 0 radical (unpaired) electrons. The van der Waals surface area contributed by atoms with Crippen LogP contribution in [0, 0.1) is 21.8 Å². The Kier molecular flexibility index (Phi) is 5.50. The average molecular weight is 272 g/mol. The van der Waals surface area contributed by atoms with E-state index in [1.165, 1.54) is 13.2 Å². The van der Waals surface area contributed by atoms with Gasteiger partial charge in [0, 0.05) is 19.7 Å². The van der Waals surface area contributed by atoms with Gasteiger partial charge in [0.25, 0.3) is 0 Å². The summed E-state index contributed by atoms with van der Waals surface area (Å²) in [5.74, 6) is -0.476. The molecule has 0 spiro atoms. The fraction of sp³-hybridized carbons (Fsp3) is 0.500. The Hall–Kier alpha value is -1.89. The van der Waals surface area contributed by atoms with E-state index in [0.717, 1.165) is 6.07 Å². The predicted octanol–water partition coefficient (Wildman–Crippen LogP) is 2.44. The Bertz CT molecular complexity index is 454. The topological polar surface area (TPSA) is 73.6 Å². The highest BCUT2D eigenvalue weighted by atomic mass is 19.1. The molecule has 0 bridgehead atoms. The second kappa shape index (κ2) is 6.89. The number of halogens is 1. The maximum absolute atomic E-state index is 13.7. The van der Waals surface area contributed by atoms with Crippen molar-refractivity contribution in [2.24, 2.45) is 5.92 Å². The van der Waals surface area contributed by atoms with Crippen LogP contribution >= 0.6 is 0 Å². The lowest BCUT2D eigenvalue weighted by atomic mass is 10.2. The number of benzene rings is 1. The van der Waals surface area contributed by atoms with E-state index >= 15 is 0 Å². The molecule has 1 aromatic rings. The van der Waals surface area contributed by atoms with Crippen molar-refractivity contribution in [1.29, 1.82) is 0 Å². The Balaban J connectivity index is 2.87. The number of ether oxygens (including phenoxy) is 2. The first-order chi connectivity index (χ1) is 8.99. The lowest BCUT2D eigenvalue weighted by Gasteiger charge is -2.14. The summed E-state index contributed by atoms with van der Waals surface area (Å²) < 4.78 is 23.6. The highest BCUT2D eigenvalue weighted by Gasteiger charge is 2.19. The van der Waals surface area contributed by atoms with E-state index < -0.39 is 16.4 Å². The smallest absolute Gasteiger partial charge is 0.313 e. The van der Waals surface area contributed by atoms with Crippen molar-refractivity contribution in [3.8, 4) is 5.75 Å². The van der Waals surface area contributed by atoms with Gasteiger partial charge in [0.05, 0.1) is 30.4 Å². The van der Waals surface area contributed by atoms with Gasteiger partial charge in [-0.05, 0) is 5.92 Å². The molecule has 106 valence electrons. The first-order valence-electron chi connectivity index (χ1n) is 5.74. The van der Waals surface area contributed by atoms with Crippen molar-refractivity contribution >= 4 is 11.4 Å². The molecule has 0 aliphatic rings. The average Bonchev–Trinajstić information content (AvgIpc) is 2.37. The van der Waals surface area contributed by atoms with Crippen LogP contribution in [0.2, 0.25) is 0 Å². The highest BCUT2D eigenvalue weighted by Crippen LogP contribution is 2.32. The van der Waals surface area contributed by atoms with Crippen molar-refractivity contribution in [3.63, 3.8) is 0 Å². The molecule has 0 saturated heterocycles. The molecule has 1 rings (SSSR count). The summed E-state index contributed by atoms with van der Waals surface area (Å²) in [4.78, 5) is 10.0. The number of nitro groups is 1. The third-order valence-corrected chi connectivity index (χ3v) is 2.56. The molecular weight excluding hydrogens is 255 g/mol. The predicted molar refractivity (Wildman–Crippen MR) is 69.1 cm³/mol. The van der Waals surface area contributed by atoms with Gasteiger partial charge in [-0.25, -0.2) is 4.39 Å². The minimum absolute atomic E-state index is 0.0216. The molecule has 6 nitrogen and oxygen atoms in total. The van der Waals surface area contributed by atoms with Crippen LogP contribution in [0.4, 0.5) is 15.8 Å². The Morgan fingerprint density at radius 2 is 2.16 bits per heavy atom. The second-order valence-electron chi connectivity index (χ2n) is 4.20. The quantitative estimate of drug-likeness (QED) is 0.609. The van der Waals surface area contributed by atoms with Gasteiger partial charge in [0.15, 0.2) is 11.6 Å². The van der Waals surface area contributed by atoms with Crippen LogP contribution in [0.15, 0.2) is 12.1 Å². The van der Waals surface area contributed by atoms with E-state index in [9.17, 15) is 14.5 Å². The summed E-state index contributed by atoms with van der Waals surface area (Å²) in [5, 5.41) is 13.6. The number of hydrogen-bond donors (Lipinski definition) is 1. The first-order valence-corrected chi connectivity index (χ1v) is 5.74. The van der Waals surface area contributed by atoms with Crippen LogP contribution in [0.1, 0.15) is 6.92 Å². The number of hydrogen-bond acceptors (Lipinski definition) is 5. The van der Waals surface area contributed by atoms with E-state index in [-0.39, 0.29) is 17.4 Å². The summed E-state index contributed by atoms with van der Waals surface area (Å²) in [5.41, 5.74) is -0.221. The molecule has 0 aliphatic heterocycles. The van der Waals surface area contributed by atoms with Crippen molar-refractivity contribution in [3.05, 3.63) is 28.1 Å². The van der Waals surface area contributed by atoms with Gasteiger partial charge in [0.1, 0.15) is 0 Å². The third-order valence-electron chi connectivity index (χ3n) is 2.56. The van der Waals surface area contributed by atoms with Crippen molar-refractivity contribution in [1.82, 2.24) is 0 Å².